The Kier molecular flexibility index (Phi) is 7.92. The van der Waals surface area contributed by atoms with E-state index in [2.05, 4.69) is 0 Å². The van der Waals surface area contributed by atoms with Crippen LogP contribution in [-0.2, 0) is 4.79 Å². The molecular formula is C12H14ClNO2. The lowest BCUT2D eigenvalue weighted by Crippen LogP contribution is -2.00. The topological polar surface area (TPSA) is 50.1 Å². The van der Waals surface area contributed by atoms with E-state index in [1.165, 1.54) is 0 Å². The quantitative estimate of drug-likeness (QED) is 0.759. The third-order valence-electron chi connectivity index (χ3n) is 1.55. The van der Waals surface area contributed by atoms with E-state index in [1.807, 2.05) is 19.9 Å². The molecule has 0 spiro atoms. The maximum absolute atomic E-state index is 10.4. The second kappa shape index (κ2) is 8.75. The van der Waals surface area contributed by atoms with Crippen LogP contribution >= 0.6 is 11.6 Å². The molecule has 0 fully saturated rings. The monoisotopic (exact) mass is 239 g/mol. The van der Waals surface area contributed by atoms with Crippen LogP contribution in [0.1, 0.15) is 25.8 Å². The average Bonchev–Trinajstić information content (AvgIpc) is 2.32. The molecule has 1 aromatic carbocycles. The lowest BCUT2D eigenvalue weighted by atomic mass is 10.2. The summed E-state index contributed by atoms with van der Waals surface area (Å²) in [6.45, 7) is 4.26. The maximum Gasteiger partial charge on any atom is 0.225 e. The number of hydrogen-bond acceptors (Lipinski definition) is 3. The minimum atomic E-state index is -0.418. The van der Waals surface area contributed by atoms with Gasteiger partial charge in [0.05, 0.1) is 24.7 Å². The number of rotatable bonds is 4. The molecule has 4 heteroatoms. The molecule has 86 valence electrons. The minimum Gasteiger partial charge on any atom is -0.493 e. The number of nitrogens with zero attached hydrogens (tertiary/aromatic N) is 1. The Morgan fingerprint density at radius 3 is 2.38 bits per heavy atom. The zero-order valence-electron chi connectivity index (χ0n) is 9.37. The highest BCUT2D eigenvalue weighted by molar-refractivity contribution is 6.63. The lowest BCUT2D eigenvalue weighted by molar-refractivity contribution is -0.112. The van der Waals surface area contributed by atoms with Gasteiger partial charge in [0.25, 0.3) is 0 Å². The van der Waals surface area contributed by atoms with Crippen molar-refractivity contribution in [2.75, 3.05) is 6.61 Å². The van der Waals surface area contributed by atoms with Crippen molar-refractivity contribution in [2.24, 2.45) is 0 Å². The Bertz CT molecular complexity index is 354. The van der Waals surface area contributed by atoms with Gasteiger partial charge in [0.15, 0.2) is 0 Å². The van der Waals surface area contributed by atoms with Crippen molar-refractivity contribution >= 4 is 16.8 Å². The van der Waals surface area contributed by atoms with Crippen molar-refractivity contribution in [3.8, 4) is 11.8 Å². The molecule has 0 saturated carbocycles. The molecular weight excluding hydrogens is 226 g/mol. The van der Waals surface area contributed by atoms with Gasteiger partial charge in [0, 0.05) is 0 Å². The van der Waals surface area contributed by atoms with E-state index < -0.39 is 5.24 Å². The third kappa shape index (κ3) is 6.05. The number of hydrogen-bond donors (Lipinski definition) is 0. The molecule has 0 radical (unpaired) electrons. The number of carbonyl (C=O) groups is 1. The van der Waals surface area contributed by atoms with Crippen LogP contribution in [0.3, 0.4) is 0 Å². The molecule has 0 aliphatic carbocycles. The summed E-state index contributed by atoms with van der Waals surface area (Å²) in [5.41, 5.74) is 0.575. The van der Waals surface area contributed by atoms with E-state index in [-0.39, 0.29) is 13.0 Å². The number of halogens is 1. The first kappa shape index (κ1) is 14.5. The molecule has 3 nitrogen and oxygen atoms in total. The van der Waals surface area contributed by atoms with Gasteiger partial charge in [0.1, 0.15) is 5.75 Å². The van der Waals surface area contributed by atoms with Gasteiger partial charge in [0.2, 0.25) is 5.24 Å². The molecule has 0 bridgehead atoms. The average molecular weight is 240 g/mol. The first-order valence-corrected chi connectivity index (χ1v) is 5.41. The Balaban J connectivity index is 0.00000106. The van der Waals surface area contributed by atoms with Gasteiger partial charge in [-0.15, -0.1) is 0 Å². The fraction of sp³-hybridized carbons (Fsp3) is 0.333. The molecule has 0 aliphatic heterocycles. The Morgan fingerprint density at radius 1 is 1.38 bits per heavy atom. The van der Waals surface area contributed by atoms with Gasteiger partial charge in [-0.05, 0) is 35.9 Å². The molecule has 0 heterocycles. The van der Waals surface area contributed by atoms with E-state index in [9.17, 15) is 4.79 Å². The summed E-state index contributed by atoms with van der Waals surface area (Å²) in [7, 11) is 0. The molecule has 1 aromatic rings. The van der Waals surface area contributed by atoms with Crippen LogP contribution in [0.4, 0.5) is 0 Å². The van der Waals surface area contributed by atoms with Gasteiger partial charge in [-0.2, -0.15) is 5.26 Å². The molecule has 0 aromatic heterocycles. The summed E-state index contributed by atoms with van der Waals surface area (Å²) in [5.74, 6) is 0.627. The highest BCUT2D eigenvalue weighted by Gasteiger charge is 1.97. The van der Waals surface area contributed by atoms with Crippen molar-refractivity contribution in [3.05, 3.63) is 29.8 Å². The molecule has 0 unspecified atom stereocenters. The fourth-order valence-corrected chi connectivity index (χ4v) is 0.952. The molecule has 0 amide bonds. The maximum atomic E-state index is 10.4. The zero-order chi connectivity index (χ0) is 12.4. The highest BCUT2D eigenvalue weighted by Crippen LogP contribution is 2.11. The second-order valence-electron chi connectivity index (χ2n) is 2.59. The van der Waals surface area contributed by atoms with Gasteiger partial charge in [-0.3, -0.25) is 4.79 Å². The van der Waals surface area contributed by atoms with Crippen molar-refractivity contribution in [2.45, 2.75) is 20.3 Å². The van der Waals surface area contributed by atoms with Crippen molar-refractivity contribution in [1.29, 1.82) is 5.26 Å². The summed E-state index contributed by atoms with van der Waals surface area (Å²) < 4.78 is 5.20. The largest absolute Gasteiger partial charge is 0.493 e. The molecule has 0 N–H and O–H groups in total. The summed E-state index contributed by atoms with van der Waals surface area (Å²) >= 11 is 5.13. The van der Waals surface area contributed by atoms with Gasteiger partial charge in [-0.25, -0.2) is 0 Å². The highest BCUT2D eigenvalue weighted by atomic mass is 35.5. The van der Waals surface area contributed by atoms with Crippen LogP contribution in [-0.4, -0.2) is 11.8 Å². The van der Waals surface area contributed by atoms with Crippen LogP contribution in [0.5, 0.6) is 5.75 Å². The first-order chi connectivity index (χ1) is 7.72. The number of benzene rings is 1. The van der Waals surface area contributed by atoms with E-state index in [4.69, 9.17) is 21.6 Å². The van der Waals surface area contributed by atoms with Crippen molar-refractivity contribution < 1.29 is 9.53 Å². The van der Waals surface area contributed by atoms with Gasteiger partial charge < -0.3 is 4.74 Å². The van der Waals surface area contributed by atoms with E-state index >= 15 is 0 Å². The minimum absolute atomic E-state index is 0.182. The lowest BCUT2D eigenvalue weighted by Gasteiger charge is -2.03. The Labute approximate surface area is 101 Å². The van der Waals surface area contributed by atoms with E-state index in [0.29, 0.717) is 11.3 Å². The second-order valence-corrected chi connectivity index (χ2v) is 3.01. The van der Waals surface area contributed by atoms with E-state index in [1.54, 1.807) is 24.3 Å². The number of carbonyl (C=O) groups excluding carboxylic acids is 1. The van der Waals surface area contributed by atoms with Crippen LogP contribution in [0, 0.1) is 11.3 Å². The van der Waals surface area contributed by atoms with Crippen LogP contribution < -0.4 is 4.74 Å². The molecule has 0 saturated heterocycles. The Hall–Kier alpha value is -1.53. The van der Waals surface area contributed by atoms with E-state index in [0.717, 1.165) is 0 Å². The normalized spacial score (nSPS) is 8.38. The summed E-state index contributed by atoms with van der Waals surface area (Å²) in [6.07, 6.45) is 0.182. The molecule has 16 heavy (non-hydrogen) atoms. The predicted octanol–water partition coefficient (Wildman–Crippen LogP) is 3.12. The van der Waals surface area contributed by atoms with Gasteiger partial charge >= 0.3 is 0 Å². The summed E-state index contributed by atoms with van der Waals surface area (Å²) in [4.78, 5) is 10.4. The Morgan fingerprint density at radius 2 is 1.94 bits per heavy atom. The molecule has 1 rings (SSSR count). The third-order valence-corrected chi connectivity index (χ3v) is 1.74. The predicted molar refractivity (Wildman–Crippen MR) is 63.5 cm³/mol. The van der Waals surface area contributed by atoms with Crippen LogP contribution in [0.2, 0.25) is 0 Å². The SMILES string of the molecule is CC.N#Cc1ccc(OCCC(=O)Cl)cc1. The van der Waals surface area contributed by atoms with Gasteiger partial charge in [-0.1, -0.05) is 13.8 Å². The van der Waals surface area contributed by atoms with Crippen LogP contribution in [0.25, 0.3) is 0 Å². The number of nitriles is 1. The number of ether oxygens (including phenoxy) is 1. The smallest absolute Gasteiger partial charge is 0.225 e. The standard InChI is InChI=1S/C10H8ClNO2.C2H6/c11-10(13)5-6-14-9-3-1-8(7-12)2-4-9;1-2/h1-4H,5-6H2;1-2H3. The van der Waals surface area contributed by atoms with Crippen LogP contribution in [0.15, 0.2) is 24.3 Å². The summed E-state index contributed by atoms with van der Waals surface area (Å²) in [6, 6.07) is 8.65. The van der Waals surface area contributed by atoms with Crippen molar-refractivity contribution in [1.82, 2.24) is 0 Å². The first-order valence-electron chi connectivity index (χ1n) is 5.03. The molecule has 0 atom stereocenters. The van der Waals surface area contributed by atoms with Crippen molar-refractivity contribution in [3.63, 3.8) is 0 Å². The zero-order valence-corrected chi connectivity index (χ0v) is 10.1. The fourth-order valence-electron chi connectivity index (χ4n) is 0.875. The summed E-state index contributed by atoms with van der Waals surface area (Å²) in [5, 5.41) is 8.11. The molecule has 0 aliphatic rings.